The lowest BCUT2D eigenvalue weighted by Gasteiger charge is -2.12. The van der Waals surface area contributed by atoms with Crippen LogP contribution in [0.15, 0.2) is 129 Å². The third-order valence-electron chi connectivity index (χ3n) is 8.67. The van der Waals surface area contributed by atoms with Gasteiger partial charge in [0.25, 0.3) is 36.3 Å². The lowest BCUT2D eigenvalue weighted by atomic mass is 10.1. The number of methoxy groups -OCH3 is 2. The first-order valence-electron chi connectivity index (χ1n) is 17.4. The number of amides is 2. The number of rotatable bonds is 14. The number of carboxylic acids is 1. The highest BCUT2D eigenvalue weighted by Crippen LogP contribution is 2.45. The van der Waals surface area contributed by atoms with Gasteiger partial charge in [-0.3, -0.25) is 23.2 Å². The summed E-state index contributed by atoms with van der Waals surface area (Å²) in [5.41, 5.74) is -2.16. The van der Waals surface area contributed by atoms with Gasteiger partial charge in [-0.2, -0.15) is 45.6 Å². The molecule has 1 aliphatic rings. The topological polar surface area (TPSA) is 375 Å². The number of aromatic hydroxyl groups is 1. The van der Waals surface area contributed by atoms with E-state index in [1.54, 1.807) is 0 Å². The summed E-state index contributed by atoms with van der Waals surface area (Å²) in [6.45, 7) is 1.19. The van der Waals surface area contributed by atoms with Gasteiger partial charge in [0.2, 0.25) is 11.9 Å². The Morgan fingerprint density at radius 2 is 1.31 bits per heavy atom. The standard InChI is InChI=1S/C36H29N9O16S3/c1-17(46)37-19-5-11-24(29(14-19)63(54,55)56)39-40-25-15-28(61-3)26(16-27(25)60-2)41-42-31-30(64(57,58)59)13-18-12-20(4-10-23(18)34(31)47)38-43-32-33(36(49)50)44-45(35(32)48)21-6-8-22(9-7-21)62(51,52)53/h4-16,32,47H,1-3H3,(H,37,46)(H,49,50)(H,51,52,53)(H,54,55,56)(H,57,58,59)/b40-39+,42-41+,43-38+. The van der Waals surface area contributed by atoms with Gasteiger partial charge in [0, 0.05) is 30.1 Å². The normalized spacial score (nSPS) is 14.8. The number of carbonyl (C=O) groups excluding carboxylic acids is 2. The smallest absolute Gasteiger partial charge is 0.355 e. The van der Waals surface area contributed by atoms with Gasteiger partial charge in [0.1, 0.15) is 44.0 Å². The van der Waals surface area contributed by atoms with E-state index < -0.39 is 86.0 Å². The van der Waals surface area contributed by atoms with Crippen LogP contribution < -0.4 is 19.8 Å². The summed E-state index contributed by atoms with van der Waals surface area (Å²) in [6, 6.07) is 12.7. The first kappa shape index (κ1) is 45.9. The highest BCUT2D eigenvalue weighted by Gasteiger charge is 2.41. The molecular weight excluding hydrogens is 911 g/mol. The van der Waals surface area contributed by atoms with E-state index in [2.05, 4.69) is 41.1 Å². The predicted octanol–water partition coefficient (Wildman–Crippen LogP) is 6.03. The number of phenolic OH excluding ortho intramolecular Hbond substituents is 1. The van der Waals surface area contributed by atoms with Crippen molar-refractivity contribution in [2.75, 3.05) is 24.5 Å². The highest BCUT2D eigenvalue weighted by molar-refractivity contribution is 7.86. The van der Waals surface area contributed by atoms with Crippen molar-refractivity contribution >= 4 is 104 Å². The number of hydrogen-bond acceptors (Lipinski definition) is 19. The molecular formula is C36H29N9O16S3. The van der Waals surface area contributed by atoms with Crippen LogP contribution in [-0.4, -0.2) is 92.9 Å². The molecule has 6 N–H and O–H groups in total. The van der Waals surface area contributed by atoms with Crippen LogP contribution in [0.4, 0.5) is 39.8 Å². The molecule has 28 heteroatoms. The SMILES string of the molecule is COc1cc(/N=N/c2c(S(=O)(=O)O)cc3cc(/N=N/C4C(=O)N(c5ccc(S(=O)(=O)O)cc5)N=C4C(=O)O)ccc3c2O)c(OC)cc1/N=N/c1ccc(NC(C)=O)cc1S(=O)(=O)O. The molecule has 25 nitrogen and oxygen atoms in total. The minimum atomic E-state index is -5.16. The third-order valence-corrected chi connectivity index (χ3v) is 11.3. The molecule has 1 heterocycles. The lowest BCUT2D eigenvalue weighted by Crippen LogP contribution is -2.33. The van der Waals surface area contributed by atoms with E-state index in [1.807, 2.05) is 0 Å². The predicted molar refractivity (Wildman–Crippen MR) is 221 cm³/mol. The summed E-state index contributed by atoms with van der Waals surface area (Å²) >= 11 is 0. The maximum absolute atomic E-state index is 13.2. The second-order valence-corrected chi connectivity index (χ2v) is 17.1. The number of phenols is 1. The van der Waals surface area contributed by atoms with Crippen LogP contribution >= 0.6 is 0 Å². The molecule has 332 valence electrons. The number of carbonyl (C=O) groups is 3. The van der Waals surface area contributed by atoms with Crippen molar-refractivity contribution in [2.24, 2.45) is 35.8 Å². The summed E-state index contributed by atoms with van der Waals surface area (Å²) in [5.74, 6) is -4.11. The Kier molecular flexibility index (Phi) is 12.6. The van der Waals surface area contributed by atoms with Crippen LogP contribution in [0.25, 0.3) is 10.8 Å². The zero-order chi connectivity index (χ0) is 46.9. The maximum Gasteiger partial charge on any atom is 0.355 e. The fourth-order valence-electron chi connectivity index (χ4n) is 5.79. The van der Waals surface area contributed by atoms with Crippen molar-refractivity contribution < 1.29 is 73.0 Å². The molecule has 1 atom stereocenters. The molecule has 2 amide bonds. The summed E-state index contributed by atoms with van der Waals surface area (Å²) in [5, 5.41) is 51.2. The van der Waals surface area contributed by atoms with Crippen molar-refractivity contribution in [3.63, 3.8) is 0 Å². The Bertz CT molecular complexity index is 3250. The molecule has 6 rings (SSSR count). The number of nitrogens with one attached hydrogen (secondary N) is 1. The third kappa shape index (κ3) is 9.85. The number of benzene rings is 5. The molecule has 1 aliphatic heterocycles. The Morgan fingerprint density at radius 3 is 1.86 bits per heavy atom. The number of aliphatic carboxylic acids is 1. The molecule has 0 radical (unpaired) electrons. The second-order valence-electron chi connectivity index (χ2n) is 12.9. The van der Waals surface area contributed by atoms with E-state index in [0.717, 1.165) is 36.4 Å². The maximum atomic E-state index is 13.2. The molecule has 0 aromatic heterocycles. The van der Waals surface area contributed by atoms with Crippen LogP contribution in [0, 0.1) is 0 Å². The van der Waals surface area contributed by atoms with E-state index in [0.29, 0.717) is 5.01 Å². The molecule has 1 unspecified atom stereocenters. The number of anilines is 2. The monoisotopic (exact) mass is 939 g/mol. The zero-order valence-electron chi connectivity index (χ0n) is 32.6. The van der Waals surface area contributed by atoms with Crippen LogP contribution in [0.5, 0.6) is 17.2 Å². The molecule has 0 saturated carbocycles. The van der Waals surface area contributed by atoms with Gasteiger partial charge >= 0.3 is 5.97 Å². The molecule has 5 aromatic rings. The first-order chi connectivity index (χ1) is 30.0. The fraction of sp³-hybridized carbons (Fsp3) is 0.111. The minimum Gasteiger partial charge on any atom is -0.505 e. The van der Waals surface area contributed by atoms with Crippen molar-refractivity contribution in [1.82, 2.24) is 0 Å². The number of azo groups is 3. The summed E-state index contributed by atoms with van der Waals surface area (Å²) in [6.07, 6.45) is 0. The molecule has 0 spiro atoms. The summed E-state index contributed by atoms with van der Waals surface area (Å²) < 4.78 is 112. The molecule has 0 fully saturated rings. The number of nitrogens with zero attached hydrogens (tertiary/aromatic N) is 8. The van der Waals surface area contributed by atoms with Gasteiger partial charge in [0.05, 0.1) is 30.5 Å². The first-order valence-corrected chi connectivity index (χ1v) is 21.7. The number of fused-ring (bicyclic) bond motifs is 1. The van der Waals surface area contributed by atoms with E-state index >= 15 is 0 Å². The van der Waals surface area contributed by atoms with Gasteiger partial charge in [-0.25, -0.2) is 4.79 Å². The van der Waals surface area contributed by atoms with E-state index in [9.17, 15) is 63.5 Å². The number of hydrogen-bond donors (Lipinski definition) is 6. The molecule has 0 aliphatic carbocycles. The summed E-state index contributed by atoms with van der Waals surface area (Å²) in [4.78, 5) is 34.5. The van der Waals surface area contributed by atoms with E-state index in [-0.39, 0.29) is 56.4 Å². The fourth-order valence-corrected chi connectivity index (χ4v) is 7.58. The van der Waals surface area contributed by atoms with E-state index in [4.69, 9.17) is 9.47 Å². The number of ether oxygens (including phenoxy) is 2. The van der Waals surface area contributed by atoms with Crippen LogP contribution in [-0.2, 0) is 44.7 Å². The number of hydrazone groups is 1. The largest absolute Gasteiger partial charge is 0.505 e. The molecule has 64 heavy (non-hydrogen) atoms. The lowest BCUT2D eigenvalue weighted by molar-refractivity contribution is -0.130. The van der Waals surface area contributed by atoms with E-state index in [1.165, 1.54) is 63.6 Å². The second kappa shape index (κ2) is 17.6. The number of carboxylic acid groups (broad SMARTS) is 1. The van der Waals surface area contributed by atoms with Crippen molar-refractivity contribution in [3.8, 4) is 17.2 Å². The van der Waals surface area contributed by atoms with Crippen LogP contribution in [0.1, 0.15) is 6.92 Å². The minimum absolute atomic E-state index is 0.0455. The molecule has 0 bridgehead atoms. The van der Waals surface area contributed by atoms with Crippen LogP contribution in [0.3, 0.4) is 0 Å². The zero-order valence-corrected chi connectivity index (χ0v) is 35.1. The Hall–Kier alpha value is -7.63. The Morgan fingerprint density at radius 1 is 0.719 bits per heavy atom. The molecule has 0 saturated heterocycles. The van der Waals surface area contributed by atoms with Gasteiger partial charge < -0.3 is 25.0 Å². The Labute approximate surface area is 360 Å². The highest BCUT2D eigenvalue weighted by atomic mass is 32.2. The summed E-state index contributed by atoms with van der Waals surface area (Å²) in [7, 11) is -12.2. The Balaban J connectivity index is 1.32. The van der Waals surface area contributed by atoms with Gasteiger partial charge in [-0.15, -0.1) is 20.5 Å². The van der Waals surface area contributed by atoms with Crippen molar-refractivity contribution in [1.29, 1.82) is 0 Å². The van der Waals surface area contributed by atoms with Gasteiger partial charge in [-0.1, -0.05) is 0 Å². The van der Waals surface area contributed by atoms with Crippen molar-refractivity contribution in [2.45, 2.75) is 27.7 Å². The average molecular weight is 940 g/mol. The van der Waals surface area contributed by atoms with Gasteiger partial charge in [-0.05, 0) is 72.1 Å². The molecule has 5 aromatic carbocycles. The van der Waals surface area contributed by atoms with Gasteiger partial charge in [0.15, 0.2) is 11.5 Å². The quantitative estimate of drug-likeness (QED) is 0.0546. The van der Waals surface area contributed by atoms with Crippen LogP contribution in [0.2, 0.25) is 0 Å². The van der Waals surface area contributed by atoms with Crippen molar-refractivity contribution in [3.05, 3.63) is 78.9 Å². The average Bonchev–Trinajstić information content (AvgIpc) is 3.56.